The number of rotatable bonds is 2. The van der Waals surface area contributed by atoms with Gasteiger partial charge >= 0.3 is 0 Å². The first-order valence-electron chi connectivity index (χ1n) is 14.6. The van der Waals surface area contributed by atoms with Crippen molar-refractivity contribution in [1.82, 2.24) is 5.06 Å². The van der Waals surface area contributed by atoms with Crippen molar-refractivity contribution in [2.24, 2.45) is 50.2 Å². The lowest BCUT2D eigenvalue weighted by atomic mass is 9.33. The lowest BCUT2D eigenvalue weighted by molar-refractivity contribution is -0.192. The van der Waals surface area contributed by atoms with Gasteiger partial charge in [0.1, 0.15) is 5.78 Å². The quantitative estimate of drug-likeness (QED) is 0.394. The normalized spacial score (nSPS) is 48.7. The molecular weight excluding hydrogens is 462 g/mol. The number of hydroxylamine groups is 2. The second kappa shape index (κ2) is 8.02. The monoisotopic (exact) mass is 511 g/mol. The highest BCUT2D eigenvalue weighted by Crippen LogP contribution is 2.74. The number of hydrogen-bond acceptors (Lipinski definition) is 4. The first kappa shape index (κ1) is 27.1. The molecule has 37 heavy (non-hydrogen) atoms. The summed E-state index contributed by atoms with van der Waals surface area (Å²) < 4.78 is 0. The Kier molecular flexibility index (Phi) is 5.87. The SMILES string of the molecule is CON(C)C(=O)[C@@]1(C)CC[C@]2(C)CC[C@]3(C)C(=CC(=O)[C@@H]4[C@@]5(C)CCC(=O)C(C)(C)C5CC[C@]43C)[C@@H]2C1. The zero-order chi connectivity index (χ0) is 27.4. The minimum atomic E-state index is -0.494. The summed E-state index contributed by atoms with van der Waals surface area (Å²) in [5.74, 6) is 1.10. The predicted octanol–water partition coefficient (Wildman–Crippen LogP) is 6.56. The van der Waals surface area contributed by atoms with Crippen LogP contribution in [0.1, 0.15) is 106 Å². The largest absolute Gasteiger partial charge is 0.299 e. The van der Waals surface area contributed by atoms with Crippen LogP contribution in [-0.4, -0.2) is 36.7 Å². The van der Waals surface area contributed by atoms with Crippen LogP contribution < -0.4 is 0 Å². The van der Waals surface area contributed by atoms with E-state index in [2.05, 4.69) is 54.5 Å². The number of carbonyl (C=O) groups excluding carboxylic acids is 3. The average molecular weight is 512 g/mol. The summed E-state index contributed by atoms with van der Waals surface area (Å²) in [5, 5.41) is 1.39. The van der Waals surface area contributed by atoms with Crippen molar-refractivity contribution in [1.29, 1.82) is 0 Å². The molecule has 0 saturated heterocycles. The zero-order valence-corrected chi connectivity index (χ0v) is 24.8. The Labute approximate surface area is 224 Å². The molecule has 206 valence electrons. The molecule has 1 amide bonds. The molecule has 0 aromatic heterocycles. The summed E-state index contributed by atoms with van der Waals surface area (Å²) in [7, 11) is 3.25. The number of nitrogens with zero attached hydrogens (tertiary/aromatic N) is 1. The van der Waals surface area contributed by atoms with E-state index in [0.717, 1.165) is 51.4 Å². The van der Waals surface area contributed by atoms with Crippen molar-refractivity contribution in [2.45, 2.75) is 106 Å². The number of carbonyl (C=O) groups is 3. The molecule has 4 fully saturated rings. The molecule has 0 heterocycles. The number of hydrogen-bond donors (Lipinski definition) is 0. The molecule has 0 spiro atoms. The molecule has 0 aromatic carbocycles. The first-order chi connectivity index (χ1) is 17.0. The summed E-state index contributed by atoms with van der Waals surface area (Å²) in [4.78, 5) is 46.0. The Morgan fingerprint density at radius 3 is 2.24 bits per heavy atom. The van der Waals surface area contributed by atoms with Crippen molar-refractivity contribution >= 4 is 17.5 Å². The number of fused-ring (bicyclic) bond motifs is 7. The van der Waals surface area contributed by atoms with Gasteiger partial charge in [0, 0.05) is 30.2 Å². The third-order valence-corrected chi connectivity index (χ3v) is 13.4. The second-order valence-electron chi connectivity index (χ2n) is 15.4. The van der Waals surface area contributed by atoms with Gasteiger partial charge in [0.05, 0.1) is 7.11 Å². The van der Waals surface area contributed by atoms with Gasteiger partial charge in [-0.3, -0.25) is 19.2 Å². The predicted molar refractivity (Wildman–Crippen MR) is 144 cm³/mol. The van der Waals surface area contributed by atoms with E-state index in [0.29, 0.717) is 12.2 Å². The van der Waals surface area contributed by atoms with Gasteiger partial charge in [-0.25, -0.2) is 5.06 Å². The van der Waals surface area contributed by atoms with E-state index in [1.54, 1.807) is 14.2 Å². The number of ketones is 2. The standard InChI is InChI=1S/C32H49NO4/c1-27(2)23-10-13-32(7)25(30(23,5)12-11-24(27)35)22(34)18-20-21-19-29(4,26(36)33(8)37-9)15-14-28(21,3)16-17-31(20,32)6/h18,21,23,25H,10-17,19H2,1-9H3/t21-,23?,25+,28+,29-,30-,31+,32+/m0/s1. The van der Waals surface area contributed by atoms with Crippen LogP contribution in [0.2, 0.25) is 0 Å². The van der Waals surface area contributed by atoms with Crippen LogP contribution in [0, 0.1) is 50.2 Å². The van der Waals surface area contributed by atoms with Crippen molar-refractivity contribution in [2.75, 3.05) is 14.2 Å². The molecule has 5 nitrogen and oxygen atoms in total. The summed E-state index contributed by atoms with van der Waals surface area (Å²) in [6, 6.07) is 0. The molecule has 0 aliphatic heterocycles. The van der Waals surface area contributed by atoms with Crippen LogP contribution in [0.4, 0.5) is 0 Å². The maximum Gasteiger partial charge on any atom is 0.251 e. The van der Waals surface area contributed by atoms with E-state index < -0.39 is 5.41 Å². The van der Waals surface area contributed by atoms with Crippen LogP contribution in [0.5, 0.6) is 0 Å². The Bertz CT molecular complexity index is 1080. The molecule has 0 aromatic rings. The van der Waals surface area contributed by atoms with Gasteiger partial charge in [-0.1, -0.05) is 54.0 Å². The number of Topliss-reactive ketones (excluding diaryl/α,β-unsaturated/α-hetero) is 1. The van der Waals surface area contributed by atoms with E-state index in [9.17, 15) is 14.4 Å². The van der Waals surface area contributed by atoms with Gasteiger partial charge < -0.3 is 0 Å². The second-order valence-corrected chi connectivity index (χ2v) is 15.4. The minimum absolute atomic E-state index is 0.0401. The summed E-state index contributed by atoms with van der Waals surface area (Å²) >= 11 is 0. The van der Waals surface area contributed by atoms with Gasteiger partial charge in [-0.05, 0) is 90.9 Å². The summed E-state index contributed by atoms with van der Waals surface area (Å²) in [6.07, 6.45) is 10.3. The van der Waals surface area contributed by atoms with Crippen LogP contribution in [-0.2, 0) is 19.2 Å². The van der Waals surface area contributed by atoms with Crippen molar-refractivity contribution in [3.05, 3.63) is 11.6 Å². The number of allylic oxidation sites excluding steroid dienone is 2. The highest BCUT2D eigenvalue weighted by Gasteiger charge is 2.70. The Morgan fingerprint density at radius 1 is 0.946 bits per heavy atom. The van der Waals surface area contributed by atoms with E-state index >= 15 is 0 Å². The van der Waals surface area contributed by atoms with Crippen molar-refractivity contribution < 1.29 is 19.2 Å². The Balaban J connectivity index is 1.59. The fourth-order valence-electron chi connectivity index (χ4n) is 10.6. The van der Waals surface area contributed by atoms with Gasteiger partial charge in [0.25, 0.3) is 5.91 Å². The fourth-order valence-corrected chi connectivity index (χ4v) is 10.6. The lowest BCUT2D eigenvalue weighted by Crippen LogP contribution is -2.66. The maximum atomic E-state index is 14.4. The molecule has 0 bridgehead atoms. The van der Waals surface area contributed by atoms with Gasteiger partial charge in [-0.2, -0.15) is 0 Å². The molecule has 1 unspecified atom stereocenters. The fraction of sp³-hybridized carbons (Fsp3) is 0.844. The molecule has 5 aliphatic rings. The van der Waals surface area contributed by atoms with Gasteiger partial charge in [-0.15, -0.1) is 0 Å². The van der Waals surface area contributed by atoms with E-state index in [4.69, 9.17) is 4.84 Å². The smallest absolute Gasteiger partial charge is 0.251 e. The lowest BCUT2D eigenvalue weighted by Gasteiger charge is -2.70. The zero-order valence-electron chi connectivity index (χ0n) is 24.8. The van der Waals surface area contributed by atoms with E-state index in [1.807, 2.05) is 0 Å². The van der Waals surface area contributed by atoms with Crippen molar-refractivity contribution in [3.63, 3.8) is 0 Å². The summed E-state index contributed by atoms with van der Waals surface area (Å²) in [5.41, 5.74) is 0.182. The van der Waals surface area contributed by atoms with E-state index in [1.165, 1.54) is 10.6 Å². The molecule has 0 radical (unpaired) electrons. The third-order valence-electron chi connectivity index (χ3n) is 13.4. The molecule has 8 atom stereocenters. The molecule has 0 N–H and O–H groups in total. The molecule has 5 heteroatoms. The Hall–Kier alpha value is -1.49. The minimum Gasteiger partial charge on any atom is -0.299 e. The van der Waals surface area contributed by atoms with Gasteiger partial charge in [0.2, 0.25) is 0 Å². The van der Waals surface area contributed by atoms with Crippen LogP contribution in [0.15, 0.2) is 11.6 Å². The maximum absolute atomic E-state index is 14.4. The van der Waals surface area contributed by atoms with Crippen LogP contribution in [0.3, 0.4) is 0 Å². The van der Waals surface area contributed by atoms with Crippen molar-refractivity contribution in [3.8, 4) is 0 Å². The highest BCUT2D eigenvalue weighted by atomic mass is 16.7. The van der Waals surface area contributed by atoms with E-state index in [-0.39, 0.29) is 56.5 Å². The number of amides is 1. The average Bonchev–Trinajstić information content (AvgIpc) is 2.83. The summed E-state index contributed by atoms with van der Waals surface area (Å²) in [6.45, 7) is 15.9. The molecule has 5 rings (SSSR count). The van der Waals surface area contributed by atoms with Gasteiger partial charge in [0.15, 0.2) is 5.78 Å². The molecule has 4 saturated carbocycles. The molecule has 5 aliphatic carbocycles. The highest BCUT2D eigenvalue weighted by molar-refractivity contribution is 5.96. The topological polar surface area (TPSA) is 63.7 Å². The Morgan fingerprint density at radius 2 is 1.59 bits per heavy atom. The third kappa shape index (κ3) is 3.34. The first-order valence-corrected chi connectivity index (χ1v) is 14.6. The van der Waals surface area contributed by atoms with Crippen LogP contribution in [0.25, 0.3) is 0 Å². The van der Waals surface area contributed by atoms with Crippen LogP contribution >= 0.6 is 0 Å². The molecular formula is C32H49NO4.